The molecule has 0 N–H and O–H groups in total. The number of aryl methyl sites for hydroxylation is 1. The van der Waals surface area contributed by atoms with Crippen molar-refractivity contribution in [3.63, 3.8) is 0 Å². The van der Waals surface area contributed by atoms with Gasteiger partial charge in [0, 0.05) is 7.05 Å². The Bertz CT molecular complexity index is 789. The summed E-state index contributed by atoms with van der Waals surface area (Å²) < 4.78 is 15.9. The molecule has 0 spiro atoms. The van der Waals surface area contributed by atoms with Crippen molar-refractivity contribution in [3.05, 3.63) is 58.5 Å². The largest absolute Gasteiger partial charge is 0.294 e. The number of fused-ring (bicyclic) bond motifs is 1. The maximum Gasteiger partial charge on any atom is 0.264 e. The first-order valence-corrected chi connectivity index (χ1v) is 5.77. The Morgan fingerprint density at radius 1 is 1.26 bits per heavy atom. The van der Waals surface area contributed by atoms with Gasteiger partial charge in [0.15, 0.2) is 5.65 Å². The highest BCUT2D eigenvalue weighted by atomic mass is 19.1. The highest BCUT2D eigenvalue weighted by Gasteiger charge is 2.08. The van der Waals surface area contributed by atoms with Crippen LogP contribution in [0.25, 0.3) is 11.0 Å². The molecule has 0 saturated carbocycles. The molecule has 0 bridgehead atoms. The van der Waals surface area contributed by atoms with E-state index in [-0.39, 0.29) is 11.4 Å². The Kier molecular flexibility index (Phi) is 2.63. The van der Waals surface area contributed by atoms with Crippen molar-refractivity contribution >= 4 is 11.0 Å². The molecule has 0 unspecified atom stereocenters. The molecule has 96 valence electrons. The van der Waals surface area contributed by atoms with Crippen molar-refractivity contribution < 1.29 is 4.39 Å². The molecule has 0 aliphatic heterocycles. The number of rotatable bonds is 2. The summed E-state index contributed by atoms with van der Waals surface area (Å²) in [6, 6.07) is 6.04. The standard InChI is InChI=1S/C13H11FN4O/c1-17-12-11(6-16-17)13(19)18(8-15-12)7-9-2-4-10(14)5-3-9/h2-6,8H,7H2,1H3. The zero-order valence-electron chi connectivity index (χ0n) is 10.2. The summed E-state index contributed by atoms with van der Waals surface area (Å²) in [7, 11) is 1.74. The first-order chi connectivity index (χ1) is 9.15. The molecule has 1 aromatic carbocycles. The fraction of sp³-hybridized carbons (Fsp3) is 0.154. The molecule has 6 heteroatoms. The maximum absolute atomic E-state index is 12.8. The fourth-order valence-electron chi connectivity index (χ4n) is 1.97. The minimum absolute atomic E-state index is 0.151. The molecule has 5 nitrogen and oxygen atoms in total. The van der Waals surface area contributed by atoms with Gasteiger partial charge in [-0.1, -0.05) is 12.1 Å². The van der Waals surface area contributed by atoms with Crippen LogP contribution in [0.5, 0.6) is 0 Å². The third-order valence-corrected chi connectivity index (χ3v) is 2.98. The van der Waals surface area contributed by atoms with Crippen LogP contribution in [0.1, 0.15) is 5.56 Å². The van der Waals surface area contributed by atoms with Crippen LogP contribution >= 0.6 is 0 Å². The van der Waals surface area contributed by atoms with Crippen LogP contribution in [0.3, 0.4) is 0 Å². The van der Waals surface area contributed by atoms with Crippen LogP contribution < -0.4 is 5.56 Å². The van der Waals surface area contributed by atoms with Crippen LogP contribution in [-0.2, 0) is 13.6 Å². The maximum atomic E-state index is 12.8. The molecule has 0 radical (unpaired) electrons. The van der Waals surface area contributed by atoms with E-state index in [1.165, 1.54) is 29.2 Å². The SMILES string of the molecule is Cn1ncc2c(=O)n(Cc3ccc(F)cc3)cnc21. The summed E-state index contributed by atoms with van der Waals surface area (Å²) >= 11 is 0. The lowest BCUT2D eigenvalue weighted by Crippen LogP contribution is -2.21. The smallest absolute Gasteiger partial charge is 0.264 e. The minimum Gasteiger partial charge on any atom is -0.294 e. The van der Waals surface area contributed by atoms with Gasteiger partial charge in [0.2, 0.25) is 0 Å². The molecule has 0 aliphatic carbocycles. The van der Waals surface area contributed by atoms with E-state index in [4.69, 9.17) is 0 Å². The van der Waals surface area contributed by atoms with E-state index in [0.29, 0.717) is 17.6 Å². The van der Waals surface area contributed by atoms with E-state index in [0.717, 1.165) is 5.56 Å². The summed E-state index contributed by atoms with van der Waals surface area (Å²) in [5.41, 5.74) is 1.25. The molecule has 19 heavy (non-hydrogen) atoms. The Balaban J connectivity index is 2.04. The zero-order valence-corrected chi connectivity index (χ0v) is 10.2. The van der Waals surface area contributed by atoms with Gasteiger partial charge in [-0.2, -0.15) is 5.10 Å². The average Bonchev–Trinajstić information content (AvgIpc) is 2.78. The lowest BCUT2D eigenvalue weighted by atomic mass is 10.2. The van der Waals surface area contributed by atoms with Gasteiger partial charge in [0.1, 0.15) is 17.5 Å². The van der Waals surface area contributed by atoms with E-state index < -0.39 is 0 Å². The Morgan fingerprint density at radius 3 is 2.74 bits per heavy atom. The predicted molar refractivity (Wildman–Crippen MR) is 68.3 cm³/mol. The molecule has 0 saturated heterocycles. The van der Waals surface area contributed by atoms with Crippen molar-refractivity contribution in [1.82, 2.24) is 19.3 Å². The molecule has 0 aliphatic rings. The zero-order chi connectivity index (χ0) is 13.4. The van der Waals surface area contributed by atoms with Crippen LogP contribution in [0.15, 0.2) is 41.6 Å². The summed E-state index contributed by atoms with van der Waals surface area (Å²) in [6.45, 7) is 0.358. The minimum atomic E-state index is -0.295. The first-order valence-electron chi connectivity index (χ1n) is 5.77. The summed E-state index contributed by atoms with van der Waals surface area (Å²) in [6.07, 6.45) is 2.99. The second-order valence-corrected chi connectivity index (χ2v) is 4.31. The molecule has 0 atom stereocenters. The van der Waals surface area contributed by atoms with E-state index in [2.05, 4.69) is 10.1 Å². The number of hydrogen-bond acceptors (Lipinski definition) is 3. The first kappa shape index (κ1) is 11.6. The molecule has 2 aromatic heterocycles. The fourth-order valence-corrected chi connectivity index (χ4v) is 1.97. The highest BCUT2D eigenvalue weighted by Crippen LogP contribution is 2.06. The predicted octanol–water partition coefficient (Wildman–Crippen LogP) is 1.32. The van der Waals surface area contributed by atoms with E-state index >= 15 is 0 Å². The summed E-state index contributed by atoms with van der Waals surface area (Å²) in [4.78, 5) is 16.4. The van der Waals surface area contributed by atoms with Crippen LogP contribution in [0.2, 0.25) is 0 Å². The quantitative estimate of drug-likeness (QED) is 0.696. The molecular weight excluding hydrogens is 247 g/mol. The molecule has 2 heterocycles. The van der Waals surface area contributed by atoms with Gasteiger partial charge in [-0.25, -0.2) is 9.37 Å². The van der Waals surface area contributed by atoms with Crippen molar-refractivity contribution in [2.45, 2.75) is 6.54 Å². The third kappa shape index (κ3) is 2.01. The van der Waals surface area contributed by atoms with E-state index in [9.17, 15) is 9.18 Å². The van der Waals surface area contributed by atoms with Gasteiger partial charge >= 0.3 is 0 Å². The van der Waals surface area contributed by atoms with Crippen molar-refractivity contribution in [2.24, 2.45) is 7.05 Å². The molecule has 0 amide bonds. The second kappa shape index (κ2) is 4.31. The van der Waals surface area contributed by atoms with E-state index in [1.807, 2.05) is 0 Å². The van der Waals surface area contributed by atoms with Crippen LogP contribution in [-0.4, -0.2) is 19.3 Å². The van der Waals surface area contributed by atoms with Crippen molar-refractivity contribution in [2.75, 3.05) is 0 Å². The Morgan fingerprint density at radius 2 is 2.00 bits per heavy atom. The van der Waals surface area contributed by atoms with Crippen molar-refractivity contribution in [3.8, 4) is 0 Å². The van der Waals surface area contributed by atoms with Crippen molar-refractivity contribution in [1.29, 1.82) is 0 Å². The van der Waals surface area contributed by atoms with Gasteiger partial charge in [0.25, 0.3) is 5.56 Å². The van der Waals surface area contributed by atoms with E-state index in [1.54, 1.807) is 23.9 Å². The number of aromatic nitrogens is 4. The number of nitrogens with zero attached hydrogens (tertiary/aromatic N) is 4. The number of benzene rings is 1. The van der Waals surface area contributed by atoms with Crippen LogP contribution in [0.4, 0.5) is 4.39 Å². The second-order valence-electron chi connectivity index (χ2n) is 4.31. The molecule has 0 fully saturated rings. The molecular formula is C13H11FN4O. The third-order valence-electron chi connectivity index (χ3n) is 2.98. The normalized spacial score (nSPS) is 11.1. The van der Waals surface area contributed by atoms with Gasteiger partial charge in [-0.3, -0.25) is 14.0 Å². The lowest BCUT2D eigenvalue weighted by molar-refractivity contribution is 0.626. The topological polar surface area (TPSA) is 52.7 Å². The average molecular weight is 258 g/mol. The summed E-state index contributed by atoms with van der Waals surface area (Å²) in [5.74, 6) is -0.295. The monoisotopic (exact) mass is 258 g/mol. The van der Waals surface area contributed by atoms with Gasteiger partial charge < -0.3 is 0 Å². The number of halogens is 1. The van der Waals surface area contributed by atoms with Gasteiger partial charge in [0.05, 0.1) is 12.7 Å². The highest BCUT2D eigenvalue weighted by molar-refractivity contribution is 5.72. The lowest BCUT2D eigenvalue weighted by Gasteiger charge is -2.05. The van der Waals surface area contributed by atoms with Gasteiger partial charge in [-0.05, 0) is 17.7 Å². The number of hydrogen-bond donors (Lipinski definition) is 0. The summed E-state index contributed by atoms with van der Waals surface area (Å²) in [5, 5.41) is 4.49. The molecule has 3 aromatic rings. The van der Waals surface area contributed by atoms with Crippen LogP contribution in [0, 0.1) is 5.82 Å². The molecule has 3 rings (SSSR count). The Labute approximate surface area is 107 Å². The Hall–Kier alpha value is -2.50. The van der Waals surface area contributed by atoms with Gasteiger partial charge in [-0.15, -0.1) is 0 Å².